The van der Waals surface area contributed by atoms with E-state index >= 15 is 0 Å². The zero-order valence-electron chi connectivity index (χ0n) is 16.1. The van der Waals surface area contributed by atoms with E-state index in [1.54, 1.807) is 24.7 Å². The molecule has 0 aliphatic rings. The van der Waals surface area contributed by atoms with Crippen LogP contribution in [0.1, 0.15) is 13.8 Å². The van der Waals surface area contributed by atoms with E-state index < -0.39 is 0 Å². The van der Waals surface area contributed by atoms with Gasteiger partial charge in [-0.15, -0.1) is 0 Å². The third-order valence-corrected chi connectivity index (χ3v) is 3.20. The molecule has 5 nitrogen and oxygen atoms in total. The fourth-order valence-corrected chi connectivity index (χ4v) is 1.98. The lowest BCUT2D eigenvalue weighted by molar-refractivity contribution is 0.628. The second-order valence-electron chi connectivity index (χ2n) is 5.30. The molecule has 3 aromatic rings. The molecular weight excluding hydrogens is 341 g/mol. The molecule has 0 aliphatic heterocycles. The minimum absolute atomic E-state index is 0.196. The molecule has 2 aromatic heterocycles. The minimum Gasteiger partial charge on any atom is -0.387 e. The Kier molecular flexibility index (Phi) is 11.4. The van der Waals surface area contributed by atoms with Crippen LogP contribution in [-0.2, 0) is 0 Å². The molecule has 1 aromatic carbocycles. The van der Waals surface area contributed by atoms with Crippen LogP contribution >= 0.6 is 0 Å². The SMILES string of the molecule is CCNc1cccc(F)c1.CCNc1cccnc1.CNc1cccnc1. The molecule has 3 N–H and O–H groups in total. The van der Waals surface area contributed by atoms with Gasteiger partial charge in [0.15, 0.2) is 0 Å². The molecule has 0 spiro atoms. The summed E-state index contributed by atoms with van der Waals surface area (Å²) < 4.78 is 12.5. The average molecular weight is 369 g/mol. The predicted octanol–water partition coefficient (Wildman–Crippen LogP) is 4.89. The van der Waals surface area contributed by atoms with Crippen LogP contribution in [-0.4, -0.2) is 30.1 Å². The summed E-state index contributed by atoms with van der Waals surface area (Å²) in [4.78, 5) is 7.83. The topological polar surface area (TPSA) is 61.9 Å². The third-order valence-electron chi connectivity index (χ3n) is 3.20. The van der Waals surface area contributed by atoms with Gasteiger partial charge in [0.25, 0.3) is 0 Å². The first-order chi connectivity index (χ1) is 13.2. The molecule has 0 saturated heterocycles. The molecular formula is C21H28FN5. The van der Waals surface area contributed by atoms with Gasteiger partial charge in [0.1, 0.15) is 5.82 Å². The number of rotatable bonds is 5. The summed E-state index contributed by atoms with van der Waals surface area (Å²) in [5.74, 6) is -0.196. The molecule has 0 atom stereocenters. The van der Waals surface area contributed by atoms with Gasteiger partial charge in [-0.1, -0.05) is 6.07 Å². The van der Waals surface area contributed by atoms with Gasteiger partial charge in [0, 0.05) is 50.6 Å². The second-order valence-corrected chi connectivity index (χ2v) is 5.30. The quantitative estimate of drug-likeness (QED) is 0.597. The van der Waals surface area contributed by atoms with Crippen LogP contribution in [0, 0.1) is 5.82 Å². The van der Waals surface area contributed by atoms with Gasteiger partial charge >= 0.3 is 0 Å². The maximum atomic E-state index is 12.5. The van der Waals surface area contributed by atoms with E-state index in [1.165, 1.54) is 12.1 Å². The van der Waals surface area contributed by atoms with Crippen molar-refractivity contribution in [1.82, 2.24) is 9.97 Å². The normalized spacial score (nSPS) is 9.04. The van der Waals surface area contributed by atoms with Crippen molar-refractivity contribution in [2.45, 2.75) is 13.8 Å². The van der Waals surface area contributed by atoms with Gasteiger partial charge in [0.2, 0.25) is 0 Å². The van der Waals surface area contributed by atoms with Crippen molar-refractivity contribution in [3.8, 4) is 0 Å². The number of hydrogen-bond donors (Lipinski definition) is 3. The summed E-state index contributed by atoms with van der Waals surface area (Å²) in [6, 6.07) is 14.2. The van der Waals surface area contributed by atoms with E-state index in [-0.39, 0.29) is 5.82 Å². The second kappa shape index (κ2) is 14.1. The van der Waals surface area contributed by atoms with Crippen molar-refractivity contribution in [3.63, 3.8) is 0 Å². The number of pyridine rings is 2. The molecule has 3 rings (SSSR count). The summed E-state index contributed by atoms with van der Waals surface area (Å²) in [5.41, 5.74) is 2.97. The smallest absolute Gasteiger partial charge is 0.125 e. The van der Waals surface area contributed by atoms with Crippen molar-refractivity contribution in [2.75, 3.05) is 36.1 Å². The zero-order chi connectivity index (χ0) is 19.7. The molecule has 0 saturated carbocycles. The lowest BCUT2D eigenvalue weighted by Crippen LogP contribution is -1.95. The van der Waals surface area contributed by atoms with E-state index in [1.807, 2.05) is 50.5 Å². The maximum absolute atomic E-state index is 12.5. The highest BCUT2D eigenvalue weighted by molar-refractivity contribution is 5.42. The number of nitrogens with one attached hydrogen (secondary N) is 3. The first-order valence-electron chi connectivity index (χ1n) is 8.90. The van der Waals surface area contributed by atoms with E-state index in [0.717, 1.165) is 30.2 Å². The summed E-state index contributed by atoms with van der Waals surface area (Å²) in [5, 5.41) is 9.12. The van der Waals surface area contributed by atoms with Crippen molar-refractivity contribution in [2.24, 2.45) is 0 Å². The van der Waals surface area contributed by atoms with Gasteiger partial charge in [-0.25, -0.2) is 4.39 Å². The number of benzene rings is 1. The molecule has 144 valence electrons. The minimum atomic E-state index is -0.196. The molecule has 0 amide bonds. The fraction of sp³-hybridized carbons (Fsp3) is 0.238. The van der Waals surface area contributed by atoms with Gasteiger partial charge < -0.3 is 16.0 Å². The van der Waals surface area contributed by atoms with Crippen LogP contribution in [0.3, 0.4) is 0 Å². The van der Waals surface area contributed by atoms with Crippen LogP contribution in [0.4, 0.5) is 21.5 Å². The van der Waals surface area contributed by atoms with E-state index in [9.17, 15) is 4.39 Å². The molecule has 0 bridgehead atoms. The Morgan fingerprint density at radius 2 is 1.33 bits per heavy atom. The first kappa shape index (κ1) is 21.9. The Labute approximate surface area is 161 Å². The summed E-state index contributed by atoms with van der Waals surface area (Å²) in [6.07, 6.45) is 7.10. The van der Waals surface area contributed by atoms with Gasteiger partial charge in [-0.3, -0.25) is 9.97 Å². The zero-order valence-corrected chi connectivity index (χ0v) is 16.1. The van der Waals surface area contributed by atoms with Crippen molar-refractivity contribution in [1.29, 1.82) is 0 Å². The van der Waals surface area contributed by atoms with Crippen molar-refractivity contribution < 1.29 is 4.39 Å². The van der Waals surface area contributed by atoms with Crippen LogP contribution in [0.2, 0.25) is 0 Å². The highest BCUT2D eigenvalue weighted by atomic mass is 19.1. The Morgan fingerprint density at radius 3 is 1.78 bits per heavy atom. The highest BCUT2D eigenvalue weighted by Crippen LogP contribution is 2.07. The maximum Gasteiger partial charge on any atom is 0.125 e. The Bertz CT molecular complexity index is 723. The monoisotopic (exact) mass is 369 g/mol. The molecule has 0 fully saturated rings. The third kappa shape index (κ3) is 10.4. The Morgan fingerprint density at radius 1 is 0.778 bits per heavy atom. The standard InChI is InChI=1S/C8H10FN.C7H10N2.C6H8N2/c1-2-10-8-5-3-4-7(9)6-8;1-2-9-7-4-3-5-8-6-7;1-7-6-3-2-4-8-5-6/h3-6,10H,2H2,1H3;3-6,9H,2H2,1H3;2-5,7H,1H3. The lowest BCUT2D eigenvalue weighted by atomic mass is 10.3. The van der Waals surface area contributed by atoms with Crippen LogP contribution in [0.5, 0.6) is 0 Å². The highest BCUT2D eigenvalue weighted by Gasteiger charge is 1.90. The average Bonchev–Trinajstić information content (AvgIpc) is 2.71. The Hall–Kier alpha value is -3.15. The van der Waals surface area contributed by atoms with Gasteiger partial charge in [-0.05, 0) is 56.3 Å². The lowest BCUT2D eigenvalue weighted by Gasteiger charge is -2.00. The van der Waals surface area contributed by atoms with Crippen molar-refractivity contribution in [3.05, 3.63) is 79.1 Å². The molecule has 6 heteroatoms. The van der Waals surface area contributed by atoms with Gasteiger partial charge in [0.05, 0.1) is 11.4 Å². The van der Waals surface area contributed by atoms with E-state index in [4.69, 9.17) is 0 Å². The van der Waals surface area contributed by atoms with Crippen LogP contribution in [0.15, 0.2) is 73.3 Å². The molecule has 2 heterocycles. The van der Waals surface area contributed by atoms with Crippen LogP contribution < -0.4 is 16.0 Å². The summed E-state index contributed by atoms with van der Waals surface area (Å²) in [7, 11) is 1.87. The van der Waals surface area contributed by atoms with Crippen molar-refractivity contribution >= 4 is 17.1 Å². The van der Waals surface area contributed by atoms with E-state index in [0.29, 0.717) is 0 Å². The fourth-order valence-electron chi connectivity index (χ4n) is 1.98. The van der Waals surface area contributed by atoms with Crippen LogP contribution in [0.25, 0.3) is 0 Å². The van der Waals surface area contributed by atoms with Gasteiger partial charge in [-0.2, -0.15) is 0 Å². The molecule has 0 unspecified atom stereocenters. The number of aromatic nitrogens is 2. The number of anilines is 3. The largest absolute Gasteiger partial charge is 0.387 e. The molecule has 27 heavy (non-hydrogen) atoms. The number of hydrogen-bond acceptors (Lipinski definition) is 5. The summed E-state index contributed by atoms with van der Waals surface area (Å²) in [6.45, 7) is 5.81. The molecule has 0 aliphatic carbocycles. The first-order valence-corrected chi connectivity index (χ1v) is 8.90. The molecule has 0 radical (unpaired) electrons. The summed E-state index contributed by atoms with van der Waals surface area (Å²) >= 11 is 0. The Balaban J connectivity index is 0.000000204. The number of nitrogens with zero attached hydrogens (tertiary/aromatic N) is 2. The number of halogens is 1. The predicted molar refractivity (Wildman–Crippen MR) is 113 cm³/mol. The van der Waals surface area contributed by atoms with E-state index in [2.05, 4.69) is 32.8 Å².